The van der Waals surface area contributed by atoms with Gasteiger partial charge in [-0.25, -0.2) is 8.78 Å². The Balaban J connectivity index is 0.000000654. The van der Waals surface area contributed by atoms with Crippen molar-refractivity contribution >= 4 is 17.9 Å². The van der Waals surface area contributed by atoms with Gasteiger partial charge < -0.3 is 40.4 Å². The number of nitrogens with two attached hydrogens (primary N) is 1. The van der Waals surface area contributed by atoms with Crippen molar-refractivity contribution in [2.24, 2.45) is 50.6 Å². The second-order valence-corrected chi connectivity index (χ2v) is 18.3. The minimum Gasteiger partial charge on any atom is -0.542 e. The van der Waals surface area contributed by atoms with Gasteiger partial charge in [-0.05, 0) is 99.7 Å². The quantitative estimate of drug-likeness (QED) is 0.226. The number of hydrogen-bond acceptors (Lipinski definition) is 9. The molecule has 1 aliphatic heterocycles. The molecule has 0 aromatic heterocycles. The molecule has 12 atom stereocenters. The van der Waals surface area contributed by atoms with Crippen LogP contribution in [0.2, 0.25) is 0 Å². The third kappa shape index (κ3) is 5.89. The molecule has 0 unspecified atom stereocenters. The average molecular weight is 739 g/mol. The van der Waals surface area contributed by atoms with Crippen molar-refractivity contribution in [3.05, 3.63) is 0 Å². The van der Waals surface area contributed by atoms with Gasteiger partial charge in [-0.2, -0.15) is 13.2 Å². The van der Waals surface area contributed by atoms with Gasteiger partial charge in [-0.3, -0.25) is 9.59 Å². The number of esters is 1. The lowest BCUT2D eigenvalue weighted by Gasteiger charge is -2.65. The van der Waals surface area contributed by atoms with Gasteiger partial charge in [-0.15, -0.1) is 0 Å². The number of rotatable bonds is 6. The standard InChI is InChI=1S/C34H53F2NO7.C2HF3O2/c1-27(2)25-20(43-26(41)18(37)14-23(39)40)15-21-30(6)16-19(38)24(31(7)9-8-22(44-31)28(3,4)42)29(30,5)10-11-32(21)17-33(25,32)12-13-34(27,35)36;3-2(4,5)1(6)7/h18-22,24-25,38,42H,8-17,37H2,1-7H3,(H,39,40);(H,6,7)/p-1/t18-,19-,20-,21-,22-,24-,25-,29+,30-,31-,32-,33+;/m0./s1. The van der Waals surface area contributed by atoms with Crippen molar-refractivity contribution in [2.45, 2.75) is 160 Å². The van der Waals surface area contributed by atoms with Crippen LogP contribution in [0.4, 0.5) is 22.0 Å². The lowest BCUT2D eigenvalue weighted by molar-refractivity contribution is -0.344. The second kappa shape index (κ2) is 11.9. The monoisotopic (exact) mass is 738 g/mol. The highest BCUT2D eigenvalue weighted by atomic mass is 19.4. The number of carboxylic acids is 2. The molecule has 1 heterocycles. The summed E-state index contributed by atoms with van der Waals surface area (Å²) in [4.78, 5) is 33.3. The van der Waals surface area contributed by atoms with Crippen LogP contribution in [-0.4, -0.2) is 80.9 Å². The number of carbonyl (C=O) groups excluding carboxylic acids is 2. The third-order valence-electron chi connectivity index (χ3n) is 15.0. The zero-order valence-corrected chi connectivity index (χ0v) is 30.4. The predicted molar refractivity (Wildman–Crippen MR) is 169 cm³/mol. The Morgan fingerprint density at radius 2 is 1.53 bits per heavy atom. The van der Waals surface area contributed by atoms with E-state index in [9.17, 15) is 38.1 Å². The van der Waals surface area contributed by atoms with Gasteiger partial charge in [0.1, 0.15) is 18.1 Å². The topological polar surface area (TPSA) is 179 Å². The fourth-order valence-corrected chi connectivity index (χ4v) is 12.6. The first-order valence-corrected chi connectivity index (χ1v) is 17.9. The van der Waals surface area contributed by atoms with Crippen molar-refractivity contribution in [1.82, 2.24) is 0 Å². The molecule has 6 aliphatic rings. The number of carbonyl (C=O) groups is 3. The Bertz CT molecular complexity index is 1430. The van der Waals surface area contributed by atoms with Crippen molar-refractivity contribution in [2.75, 3.05) is 0 Å². The van der Waals surface area contributed by atoms with E-state index in [-0.39, 0.29) is 40.6 Å². The summed E-state index contributed by atoms with van der Waals surface area (Å²) in [5, 5.41) is 40.7. The molecule has 0 aromatic carbocycles. The fourth-order valence-electron chi connectivity index (χ4n) is 12.6. The first-order chi connectivity index (χ1) is 23.0. The summed E-state index contributed by atoms with van der Waals surface area (Å²) in [6.45, 7) is 13.3. The Labute approximate surface area is 295 Å². The van der Waals surface area contributed by atoms with Crippen LogP contribution in [0.5, 0.6) is 0 Å². The molecule has 0 radical (unpaired) electrons. The summed E-state index contributed by atoms with van der Waals surface area (Å²) in [7, 11) is 0. The number of alkyl halides is 5. The number of aliphatic hydroxyl groups excluding tert-OH is 1. The van der Waals surface area contributed by atoms with Crippen LogP contribution in [0.3, 0.4) is 0 Å². The summed E-state index contributed by atoms with van der Waals surface area (Å²) in [6.07, 6.45) is -2.63. The van der Waals surface area contributed by atoms with E-state index in [0.717, 1.165) is 25.7 Å². The summed E-state index contributed by atoms with van der Waals surface area (Å²) in [6, 6.07) is -1.38. The molecule has 0 aromatic rings. The first-order valence-electron chi connectivity index (χ1n) is 17.9. The highest BCUT2D eigenvalue weighted by Crippen LogP contribution is 2.90. The molecular formula is C36H53F5NO9-. The fraction of sp³-hybridized carbons (Fsp3) is 0.917. The molecule has 51 heavy (non-hydrogen) atoms. The van der Waals surface area contributed by atoms with E-state index in [1.54, 1.807) is 27.7 Å². The summed E-state index contributed by atoms with van der Waals surface area (Å²) < 4.78 is 75.6. The predicted octanol–water partition coefficient (Wildman–Crippen LogP) is 4.36. The number of aliphatic hydroxyl groups is 2. The molecule has 0 amide bonds. The molecule has 292 valence electrons. The van der Waals surface area contributed by atoms with Gasteiger partial charge in [0, 0.05) is 23.7 Å². The summed E-state index contributed by atoms with van der Waals surface area (Å²) in [5.41, 5.74) is 1.51. The van der Waals surface area contributed by atoms with E-state index in [1.165, 1.54) is 0 Å². The van der Waals surface area contributed by atoms with Gasteiger partial charge in [-0.1, -0.05) is 27.7 Å². The van der Waals surface area contributed by atoms with Crippen molar-refractivity contribution in [3.8, 4) is 0 Å². The SMILES string of the molecule is CC(C)(O)[C@@H]1CC[C@@](C)([C@H]2[C@@H](O)C[C@@]3(C)[C@@H]4C[C@H](OC(=O)[C@@H](N)CC(=O)O)[C@H]5C(C)(C)C(F)(F)CC[C@@]56C[C@@]46CC[C@]23C)O1.O=C([O-])C(F)(F)F. The maximum Gasteiger partial charge on any atom is 0.430 e. The summed E-state index contributed by atoms with van der Waals surface area (Å²) in [5.74, 6) is -8.80. The molecule has 5 aliphatic carbocycles. The van der Waals surface area contributed by atoms with Gasteiger partial charge in [0.2, 0.25) is 0 Å². The zero-order chi connectivity index (χ0) is 38.8. The van der Waals surface area contributed by atoms with E-state index < -0.39 is 82.6 Å². The molecule has 2 spiro atoms. The van der Waals surface area contributed by atoms with Gasteiger partial charge in [0.05, 0.1) is 29.8 Å². The van der Waals surface area contributed by atoms with Crippen LogP contribution in [0.15, 0.2) is 0 Å². The first kappa shape index (κ1) is 40.1. The van der Waals surface area contributed by atoms with Crippen molar-refractivity contribution in [3.63, 3.8) is 0 Å². The van der Waals surface area contributed by atoms with Crippen LogP contribution < -0.4 is 10.8 Å². The van der Waals surface area contributed by atoms with Crippen LogP contribution in [0.25, 0.3) is 0 Å². The van der Waals surface area contributed by atoms with E-state index in [0.29, 0.717) is 25.7 Å². The average Bonchev–Trinajstić information content (AvgIpc) is 3.33. The van der Waals surface area contributed by atoms with Crippen molar-refractivity contribution < 1.29 is 66.2 Å². The Hall–Kier alpha value is -2.10. The molecule has 0 bridgehead atoms. The number of ether oxygens (including phenoxy) is 2. The number of fused-ring (bicyclic) bond motifs is 2. The van der Waals surface area contributed by atoms with E-state index >= 15 is 8.78 Å². The third-order valence-corrected chi connectivity index (χ3v) is 15.0. The van der Waals surface area contributed by atoms with E-state index in [1.807, 2.05) is 0 Å². The van der Waals surface area contributed by atoms with Gasteiger partial charge in [0.25, 0.3) is 5.92 Å². The number of halogens is 5. The Morgan fingerprint density at radius 1 is 0.961 bits per heavy atom. The molecular weight excluding hydrogens is 685 g/mol. The molecule has 1 saturated heterocycles. The molecule has 5 saturated carbocycles. The molecule has 15 heteroatoms. The normalized spacial score (nSPS) is 45.5. The highest BCUT2D eigenvalue weighted by Gasteiger charge is 2.86. The number of aliphatic carboxylic acids is 2. The Kier molecular flexibility index (Phi) is 9.39. The van der Waals surface area contributed by atoms with Crippen molar-refractivity contribution in [1.29, 1.82) is 0 Å². The van der Waals surface area contributed by atoms with Crippen LogP contribution in [0.1, 0.15) is 113 Å². The van der Waals surface area contributed by atoms with E-state index in [4.69, 9.17) is 25.1 Å². The lowest BCUT2D eigenvalue weighted by atomic mass is 9.41. The Morgan fingerprint density at radius 3 is 2.04 bits per heavy atom. The van der Waals surface area contributed by atoms with Crippen LogP contribution in [-0.2, 0) is 23.9 Å². The lowest BCUT2D eigenvalue weighted by Crippen LogP contribution is -2.64. The summed E-state index contributed by atoms with van der Waals surface area (Å²) >= 11 is 0. The minimum absolute atomic E-state index is 0.00996. The van der Waals surface area contributed by atoms with Crippen LogP contribution >= 0.6 is 0 Å². The maximum absolute atomic E-state index is 15.7. The van der Waals surface area contributed by atoms with Gasteiger partial charge in [0.15, 0.2) is 0 Å². The van der Waals surface area contributed by atoms with E-state index in [2.05, 4.69) is 20.8 Å². The minimum atomic E-state index is -5.19. The molecule has 6 rings (SSSR count). The molecule has 10 nitrogen and oxygen atoms in total. The largest absolute Gasteiger partial charge is 0.542 e. The van der Waals surface area contributed by atoms with Crippen LogP contribution in [0, 0.1) is 44.8 Å². The molecule has 5 N–H and O–H groups in total. The maximum atomic E-state index is 15.7. The van der Waals surface area contributed by atoms with Gasteiger partial charge >= 0.3 is 18.1 Å². The highest BCUT2D eigenvalue weighted by molar-refractivity contribution is 5.81. The second-order valence-electron chi connectivity index (χ2n) is 18.3. The molecule has 6 fully saturated rings. The smallest absolute Gasteiger partial charge is 0.430 e. The number of hydrogen-bond donors (Lipinski definition) is 4. The zero-order valence-electron chi connectivity index (χ0n) is 30.4. The number of carboxylic acid groups (broad SMARTS) is 2.